The van der Waals surface area contributed by atoms with Crippen LogP contribution >= 0.6 is 15.9 Å². The van der Waals surface area contributed by atoms with E-state index in [9.17, 15) is 9.50 Å². The van der Waals surface area contributed by atoms with Gasteiger partial charge in [0.1, 0.15) is 11.6 Å². The molecular formula is C15H15BrFNO2. The Hall–Kier alpha value is -1.17. The van der Waals surface area contributed by atoms with Crippen LogP contribution in [-0.4, -0.2) is 11.7 Å². The molecular weight excluding hydrogens is 325 g/mol. The number of hydrogen-bond donors (Lipinski definition) is 2. The number of hydrogen-bond acceptors (Lipinski definition) is 3. The highest BCUT2D eigenvalue weighted by Crippen LogP contribution is 2.39. The van der Waals surface area contributed by atoms with Gasteiger partial charge < -0.3 is 9.52 Å². The second kappa shape index (κ2) is 5.68. The minimum atomic E-state index is -0.281. The molecule has 0 radical (unpaired) electrons. The predicted octanol–water partition coefficient (Wildman–Crippen LogP) is 3.49. The van der Waals surface area contributed by atoms with Crippen LogP contribution in [0.25, 0.3) is 0 Å². The molecule has 106 valence electrons. The zero-order valence-electron chi connectivity index (χ0n) is 10.8. The summed E-state index contributed by atoms with van der Waals surface area (Å²) in [6, 6.07) is 6.56. The minimum Gasteiger partial charge on any atom is -0.468 e. The Labute approximate surface area is 124 Å². The van der Waals surface area contributed by atoms with Gasteiger partial charge in [-0.05, 0) is 48.2 Å². The zero-order valence-corrected chi connectivity index (χ0v) is 12.4. The van der Waals surface area contributed by atoms with Crippen LogP contribution in [0.2, 0.25) is 0 Å². The molecule has 2 N–H and O–H groups in total. The van der Waals surface area contributed by atoms with Gasteiger partial charge in [-0.25, -0.2) is 4.39 Å². The number of fused-ring (bicyclic) bond motifs is 1. The Balaban J connectivity index is 1.86. The van der Waals surface area contributed by atoms with Crippen LogP contribution in [0.3, 0.4) is 0 Å². The smallest absolute Gasteiger partial charge is 0.126 e. The van der Waals surface area contributed by atoms with Crippen LogP contribution < -0.4 is 5.32 Å². The van der Waals surface area contributed by atoms with Gasteiger partial charge in [0.15, 0.2) is 0 Å². The molecule has 1 aromatic heterocycles. The van der Waals surface area contributed by atoms with Gasteiger partial charge in [-0.1, -0.05) is 15.9 Å². The fraction of sp³-hybridized carbons (Fsp3) is 0.333. The van der Waals surface area contributed by atoms with Gasteiger partial charge >= 0.3 is 0 Å². The second-order valence-electron chi connectivity index (χ2n) is 4.93. The van der Waals surface area contributed by atoms with Crippen molar-refractivity contribution in [2.75, 3.05) is 6.61 Å². The third kappa shape index (κ3) is 2.41. The third-order valence-electron chi connectivity index (χ3n) is 3.75. The van der Waals surface area contributed by atoms with E-state index in [4.69, 9.17) is 4.42 Å². The maximum Gasteiger partial charge on any atom is 0.126 e. The Morgan fingerprint density at radius 1 is 1.45 bits per heavy atom. The summed E-state index contributed by atoms with van der Waals surface area (Å²) in [7, 11) is 0. The van der Waals surface area contributed by atoms with Crippen LogP contribution in [0.15, 0.2) is 39.4 Å². The molecule has 0 saturated carbocycles. The summed E-state index contributed by atoms with van der Waals surface area (Å²) in [5, 5.41) is 12.9. The van der Waals surface area contributed by atoms with Crippen LogP contribution in [-0.2, 0) is 6.42 Å². The number of halogens is 2. The van der Waals surface area contributed by atoms with Gasteiger partial charge in [0.05, 0.1) is 18.9 Å². The first-order valence-corrected chi connectivity index (χ1v) is 7.37. The molecule has 2 atom stereocenters. The van der Waals surface area contributed by atoms with Crippen molar-refractivity contribution < 1.29 is 13.9 Å². The molecule has 0 fully saturated rings. The van der Waals surface area contributed by atoms with Crippen molar-refractivity contribution in [2.24, 2.45) is 0 Å². The van der Waals surface area contributed by atoms with E-state index >= 15 is 0 Å². The number of aliphatic hydroxyl groups excluding tert-OH is 1. The summed E-state index contributed by atoms with van der Waals surface area (Å²) in [4.78, 5) is 0. The number of furan rings is 1. The van der Waals surface area contributed by atoms with Crippen LogP contribution in [0, 0.1) is 5.82 Å². The van der Waals surface area contributed by atoms with Crippen LogP contribution in [0.1, 0.15) is 35.4 Å². The first-order valence-electron chi connectivity index (χ1n) is 6.57. The van der Waals surface area contributed by atoms with E-state index < -0.39 is 0 Å². The molecule has 3 rings (SSSR count). The molecule has 2 unspecified atom stereocenters. The lowest BCUT2D eigenvalue weighted by Crippen LogP contribution is -2.27. The highest BCUT2D eigenvalue weighted by atomic mass is 79.9. The Kier molecular flexibility index (Phi) is 3.92. The lowest BCUT2D eigenvalue weighted by Gasteiger charge is -2.21. The second-order valence-corrected chi connectivity index (χ2v) is 5.78. The molecule has 20 heavy (non-hydrogen) atoms. The molecule has 1 aliphatic carbocycles. The average Bonchev–Trinajstić information content (AvgIpc) is 3.10. The topological polar surface area (TPSA) is 45.4 Å². The average molecular weight is 340 g/mol. The minimum absolute atomic E-state index is 0.0114. The molecule has 1 aromatic carbocycles. The monoisotopic (exact) mass is 339 g/mol. The van der Waals surface area contributed by atoms with Crippen molar-refractivity contribution in [1.82, 2.24) is 5.32 Å². The highest BCUT2D eigenvalue weighted by Gasteiger charge is 2.29. The van der Waals surface area contributed by atoms with E-state index in [2.05, 4.69) is 21.2 Å². The molecule has 2 aromatic rings. The molecule has 0 aliphatic heterocycles. The quantitative estimate of drug-likeness (QED) is 0.896. The fourth-order valence-electron chi connectivity index (χ4n) is 2.80. The first-order chi connectivity index (χ1) is 9.70. The van der Waals surface area contributed by atoms with Crippen molar-refractivity contribution in [1.29, 1.82) is 0 Å². The van der Waals surface area contributed by atoms with E-state index in [0.717, 1.165) is 22.0 Å². The number of benzene rings is 1. The zero-order chi connectivity index (χ0) is 14.1. The standard InChI is InChI=1S/C15H15BrFNO2/c16-10-4-5-11(17)9-3-6-12(15(9)10)18-13(8-19)14-2-1-7-20-14/h1-2,4-5,7,12-13,18-19H,3,6,8H2. The molecule has 0 saturated heterocycles. The Bertz CT molecular complexity index is 600. The molecule has 0 amide bonds. The van der Waals surface area contributed by atoms with Crippen molar-refractivity contribution in [2.45, 2.75) is 24.9 Å². The van der Waals surface area contributed by atoms with Crippen LogP contribution in [0.4, 0.5) is 4.39 Å². The van der Waals surface area contributed by atoms with Crippen molar-refractivity contribution in [3.05, 3.63) is 57.7 Å². The molecule has 1 aliphatic rings. The van der Waals surface area contributed by atoms with Gasteiger partial charge in [-0.3, -0.25) is 5.32 Å². The largest absolute Gasteiger partial charge is 0.468 e. The van der Waals surface area contributed by atoms with Gasteiger partial charge in [0.25, 0.3) is 0 Å². The van der Waals surface area contributed by atoms with E-state index in [-0.39, 0.29) is 24.5 Å². The maximum atomic E-state index is 13.8. The first kappa shape index (κ1) is 13.8. The summed E-state index contributed by atoms with van der Waals surface area (Å²) in [6.07, 6.45) is 3.10. The molecule has 5 heteroatoms. The van der Waals surface area contributed by atoms with Gasteiger partial charge in [-0.2, -0.15) is 0 Å². The SMILES string of the molecule is OCC(NC1CCc2c(F)ccc(Br)c21)c1ccco1. The lowest BCUT2D eigenvalue weighted by molar-refractivity contribution is 0.214. The third-order valence-corrected chi connectivity index (χ3v) is 4.44. The summed E-state index contributed by atoms with van der Waals surface area (Å²) < 4.78 is 20.1. The van der Waals surface area contributed by atoms with E-state index in [0.29, 0.717) is 12.2 Å². The fourth-order valence-corrected chi connectivity index (χ4v) is 3.45. The van der Waals surface area contributed by atoms with E-state index in [1.54, 1.807) is 18.4 Å². The summed E-state index contributed by atoms with van der Waals surface area (Å²) in [6.45, 7) is -0.0632. The normalized spacial score (nSPS) is 19.1. The van der Waals surface area contributed by atoms with Gasteiger partial charge in [0.2, 0.25) is 0 Å². The maximum absolute atomic E-state index is 13.8. The van der Waals surface area contributed by atoms with Gasteiger partial charge in [-0.15, -0.1) is 0 Å². The molecule has 1 heterocycles. The predicted molar refractivity (Wildman–Crippen MR) is 76.8 cm³/mol. The molecule has 3 nitrogen and oxygen atoms in total. The number of rotatable bonds is 4. The van der Waals surface area contributed by atoms with Gasteiger partial charge in [0, 0.05) is 10.5 Å². The summed E-state index contributed by atoms with van der Waals surface area (Å²) in [5.74, 6) is 0.527. The summed E-state index contributed by atoms with van der Waals surface area (Å²) >= 11 is 3.49. The van der Waals surface area contributed by atoms with Crippen LogP contribution in [0.5, 0.6) is 0 Å². The number of nitrogens with one attached hydrogen (secondary N) is 1. The van der Waals surface area contributed by atoms with Crippen molar-refractivity contribution in [3.63, 3.8) is 0 Å². The molecule has 0 bridgehead atoms. The Morgan fingerprint density at radius 2 is 2.30 bits per heavy atom. The van der Waals surface area contributed by atoms with E-state index in [1.165, 1.54) is 6.07 Å². The summed E-state index contributed by atoms with van der Waals surface area (Å²) in [5.41, 5.74) is 1.71. The Morgan fingerprint density at radius 3 is 3.00 bits per heavy atom. The van der Waals surface area contributed by atoms with Crippen molar-refractivity contribution >= 4 is 15.9 Å². The van der Waals surface area contributed by atoms with Crippen molar-refractivity contribution in [3.8, 4) is 0 Å². The highest BCUT2D eigenvalue weighted by molar-refractivity contribution is 9.10. The molecule has 0 spiro atoms. The number of aliphatic hydroxyl groups is 1. The van der Waals surface area contributed by atoms with E-state index in [1.807, 2.05) is 6.07 Å². The lowest BCUT2D eigenvalue weighted by atomic mass is 10.1.